The Morgan fingerprint density at radius 2 is 0.517 bits per heavy atom. The number of fused-ring (bicyclic) bond motifs is 46. The highest BCUT2D eigenvalue weighted by Gasteiger charge is 2.75. The number of carbonyl (C=O) groups is 15. The molecule has 16 bridgehead atoms. The van der Waals surface area contributed by atoms with Gasteiger partial charge < -0.3 is 42.6 Å². The molecule has 16 aliphatic carbocycles. The molecule has 26 rings (SSSR count). The second kappa shape index (κ2) is 40.6. The second-order valence-corrected chi connectivity index (χ2v) is 45.0. The first-order valence-corrected chi connectivity index (χ1v) is 54.8. The smallest absolute Gasteiger partial charge is 0.340 e. The van der Waals surface area contributed by atoms with Gasteiger partial charge in [0.2, 0.25) is 59.1 Å². The van der Waals surface area contributed by atoms with Gasteiger partial charge in [0.15, 0.2) is 23.0 Å². The largest absolute Gasteiger partial charge is 0.493 e. The Morgan fingerprint density at radius 3 is 0.819 bits per heavy atom. The van der Waals surface area contributed by atoms with E-state index in [4.69, 9.17) is 54.2 Å². The molecule has 5 saturated heterocycles. The van der Waals surface area contributed by atoms with Crippen LogP contribution in [0.15, 0.2) is 152 Å². The first-order valence-electron chi connectivity index (χ1n) is 54.4. The molecule has 0 radical (unpaired) electrons. The van der Waals surface area contributed by atoms with Gasteiger partial charge in [-0.1, -0.05) is 161 Å². The van der Waals surface area contributed by atoms with E-state index < -0.39 is 29.8 Å². The number of anilines is 5. The average molecular weight is 2050 g/mol. The van der Waals surface area contributed by atoms with Crippen LogP contribution in [0.25, 0.3) is 0 Å². The minimum atomic E-state index is -0.618. The van der Waals surface area contributed by atoms with Crippen LogP contribution in [0.5, 0.6) is 23.0 Å². The summed E-state index contributed by atoms with van der Waals surface area (Å²) < 4.78 is 47.4. The fraction of sp³-hybridized carbons (Fsp3) is 0.538. The molecule has 11 saturated carbocycles. The second-order valence-electron chi connectivity index (χ2n) is 44.6. The summed E-state index contributed by atoms with van der Waals surface area (Å²) in [5, 5.41) is 0.317. The SMILES string of the molecule is CCCCCCCCCCCCOC(=O)c1ccc(Cl)c(N2C(=O)C3C4CC(C3C2=O)C2C3C=CC(C3)C42)c1.CCOC(=O)c1cc(OC)c(OC)cc1N1C(=O)C2C3C=CC(C3)C2C1=O.CCOC(=O)c1cc(OC)c(OC)cc1N1C(=O)C2C3CC(C2C1=O)C1C2C=CC(C2)C31.CCOC(=O)c1ccccc1N1C(=O)C2C3C=CC(C3)C2C1=O.CCOC(=O)c1ccccc1N1C(=O)C2C3CC(C2C1=O)C1C2C=CC(C2)C31. The van der Waals surface area contributed by atoms with E-state index in [2.05, 4.69) is 55.5 Å². The summed E-state index contributed by atoms with van der Waals surface area (Å²) in [6.07, 6.45) is 42.7. The molecule has 32 unspecified atom stereocenters. The highest BCUT2D eigenvalue weighted by molar-refractivity contribution is 6.36. The number of methoxy groups -OCH3 is 4. The lowest BCUT2D eigenvalue weighted by molar-refractivity contribution is -0.124. The number of halogens is 1. The number of hydrogen-bond donors (Lipinski definition) is 0. The average Bonchev–Trinajstić information content (AvgIpc) is 1.52. The third-order valence-corrected chi connectivity index (χ3v) is 38.5. The molecule has 29 nitrogen and oxygen atoms in total. The molecule has 16 fully saturated rings. The van der Waals surface area contributed by atoms with Crippen molar-refractivity contribution in [1.29, 1.82) is 0 Å². The molecular weight excluding hydrogens is 1920 g/mol. The monoisotopic (exact) mass is 2050 g/mol. The van der Waals surface area contributed by atoms with Gasteiger partial charge in [0.25, 0.3) is 0 Å². The molecule has 5 aromatic carbocycles. The standard InChI is InChI=1S/C33H42ClNO4.C25H27NO6.C23H23NO4.C20H21NO6.C18H17NO4/c1-2-3-4-5-6-7-8-9-10-11-16-39-33(38)22-14-15-25(34)26(18-22)35-31(36)29-23-19-24(30(29)32(35)37)28-21-13-12-20(17-21)27(23)28;1-4-32-25(29)13-9-17(30-2)18(31-3)10-16(13)26-23(27)21-14-8-15(22(21)24(26)28)20-12-6-5-11(7-12)19(14)20;1-2-28-23(27)13-5-3-4-6-16(13)24-21(25)19-14-10-15(20(19)22(24)26)18-12-8-7-11(9-12)17(14)18;1-4-27-20(24)12-8-14(25-2)15(26-3)9-13(12)21-18(22)16-10-5-6-11(7-10)17(16)19(21)23;1-2-23-18(22)12-5-3-4-6-13(12)19-16(20)14-10-7-8-11(9-10)15(14)17(19)21/h12-15,18,20-21,23-24,27-30H,2-11,16-17,19H2,1H3;5-6,9-12,14-15,19-22H,4,7-8H2,1-3H3;3-8,11-12,14-15,17-20H,2,9-10H2,1H3;5-6,8-11,16-17H,4,7H2,1-3H3;3-8,10-11,14-15H,2,9H2,1H3. The molecule has 5 heterocycles. The summed E-state index contributed by atoms with van der Waals surface area (Å²) in [6, 6.07) is 24.3. The highest BCUT2D eigenvalue weighted by atomic mass is 35.5. The zero-order valence-corrected chi connectivity index (χ0v) is 86.3. The molecule has 5 aromatic rings. The van der Waals surface area contributed by atoms with Gasteiger partial charge in [0.1, 0.15) is 0 Å². The molecule has 21 aliphatic rings. The van der Waals surface area contributed by atoms with Crippen molar-refractivity contribution < 1.29 is 115 Å². The lowest BCUT2D eigenvalue weighted by atomic mass is 9.65. The molecule has 782 valence electrons. The molecule has 0 spiro atoms. The van der Waals surface area contributed by atoms with Crippen molar-refractivity contribution in [2.75, 3.05) is 86.0 Å². The highest BCUT2D eigenvalue weighted by Crippen LogP contribution is 2.74. The number of allylic oxidation sites excluding steroid dienone is 10. The van der Waals surface area contributed by atoms with Gasteiger partial charge in [-0.2, -0.15) is 0 Å². The van der Waals surface area contributed by atoms with E-state index in [1.165, 1.54) is 137 Å². The Labute approximate surface area is 871 Å². The van der Waals surface area contributed by atoms with Crippen LogP contribution in [0, 0.1) is 189 Å². The number of nitrogens with zero attached hydrogens (tertiary/aromatic N) is 5. The van der Waals surface area contributed by atoms with Crippen LogP contribution in [0.2, 0.25) is 5.02 Å². The van der Waals surface area contributed by atoms with Gasteiger partial charge in [-0.25, -0.2) is 48.5 Å². The number of amides is 10. The van der Waals surface area contributed by atoms with Crippen LogP contribution in [0.1, 0.15) is 202 Å². The maximum atomic E-state index is 13.7. The predicted molar refractivity (Wildman–Crippen MR) is 546 cm³/mol. The van der Waals surface area contributed by atoms with Crippen molar-refractivity contribution >= 4 is 129 Å². The normalized spacial score (nSPS) is 34.5. The van der Waals surface area contributed by atoms with Crippen LogP contribution < -0.4 is 43.4 Å². The van der Waals surface area contributed by atoms with E-state index in [0.717, 1.165) is 49.8 Å². The third-order valence-electron chi connectivity index (χ3n) is 38.2. The van der Waals surface area contributed by atoms with Crippen LogP contribution in [0.3, 0.4) is 0 Å². The van der Waals surface area contributed by atoms with E-state index in [1.54, 1.807) is 100 Å². The van der Waals surface area contributed by atoms with Crippen LogP contribution in [0.4, 0.5) is 28.4 Å². The van der Waals surface area contributed by atoms with Crippen LogP contribution in [-0.2, 0) is 71.6 Å². The minimum Gasteiger partial charge on any atom is -0.493 e. The van der Waals surface area contributed by atoms with Crippen molar-refractivity contribution in [3.63, 3.8) is 0 Å². The first kappa shape index (κ1) is 101. The number of hydrogen-bond acceptors (Lipinski definition) is 24. The van der Waals surface area contributed by atoms with Gasteiger partial charge in [0.05, 0.1) is 182 Å². The van der Waals surface area contributed by atoms with E-state index in [0.29, 0.717) is 158 Å². The molecule has 5 aliphatic heterocycles. The summed E-state index contributed by atoms with van der Waals surface area (Å²) in [5.41, 5.74) is 2.62. The molecule has 0 aromatic heterocycles. The fourth-order valence-electron chi connectivity index (χ4n) is 32.9. The number of unbranched alkanes of at least 4 members (excludes halogenated alkanes) is 9. The van der Waals surface area contributed by atoms with E-state index in [1.807, 2.05) is 12.2 Å². The van der Waals surface area contributed by atoms with Crippen LogP contribution >= 0.6 is 11.6 Å². The summed E-state index contributed by atoms with van der Waals surface area (Å²) >= 11 is 6.52. The van der Waals surface area contributed by atoms with Gasteiger partial charge in [-0.15, -0.1) is 0 Å². The Hall–Kier alpha value is -12.7. The first-order chi connectivity index (χ1) is 72.3. The van der Waals surface area contributed by atoms with Crippen molar-refractivity contribution in [1.82, 2.24) is 0 Å². The van der Waals surface area contributed by atoms with Crippen molar-refractivity contribution in [2.45, 2.75) is 150 Å². The Kier molecular flexibility index (Phi) is 27.5. The number of rotatable bonds is 29. The molecule has 149 heavy (non-hydrogen) atoms. The molecule has 0 N–H and O–H groups in total. The molecule has 32 atom stereocenters. The summed E-state index contributed by atoms with van der Waals surface area (Å²) in [7, 11) is 5.87. The number of esters is 5. The molecule has 10 amide bonds. The Morgan fingerprint density at radius 1 is 0.262 bits per heavy atom. The number of imide groups is 5. The van der Waals surface area contributed by atoms with Crippen molar-refractivity contribution in [2.24, 2.45) is 189 Å². The van der Waals surface area contributed by atoms with Crippen molar-refractivity contribution in [3.05, 3.63) is 185 Å². The summed E-state index contributed by atoms with van der Waals surface area (Å²) in [4.78, 5) is 203. The Balaban J connectivity index is 0.000000107. The quantitative estimate of drug-likeness (QED) is 0.0107. The lowest BCUT2D eigenvalue weighted by Gasteiger charge is -2.36. The van der Waals surface area contributed by atoms with Gasteiger partial charge in [-0.3, -0.25) is 47.9 Å². The van der Waals surface area contributed by atoms with E-state index in [-0.39, 0.29) is 208 Å². The maximum Gasteiger partial charge on any atom is 0.340 e. The number of benzene rings is 5. The minimum absolute atomic E-state index is 0.0904. The molecular formula is C119H130ClN5O24. The van der Waals surface area contributed by atoms with Crippen molar-refractivity contribution in [3.8, 4) is 23.0 Å². The third kappa shape index (κ3) is 16.3. The van der Waals surface area contributed by atoms with Gasteiger partial charge in [-0.05, 0) is 258 Å². The van der Waals surface area contributed by atoms with E-state index in [9.17, 15) is 71.9 Å². The van der Waals surface area contributed by atoms with Crippen LogP contribution in [-0.4, -0.2) is 150 Å². The maximum absolute atomic E-state index is 13.7. The topological polar surface area (TPSA) is 355 Å². The molecule has 30 heteroatoms. The Bertz CT molecular complexity index is 6330. The van der Waals surface area contributed by atoms with E-state index >= 15 is 0 Å². The zero-order chi connectivity index (χ0) is 104. The van der Waals surface area contributed by atoms with Gasteiger partial charge in [0, 0.05) is 24.3 Å². The lowest BCUT2D eigenvalue weighted by Crippen LogP contribution is -2.38. The zero-order valence-electron chi connectivity index (χ0n) is 85.6. The number of carbonyl (C=O) groups excluding carboxylic acids is 15. The summed E-state index contributed by atoms with van der Waals surface area (Å²) in [6.45, 7) is 10.4. The summed E-state index contributed by atoms with van der Waals surface area (Å²) in [5.74, 6) is 3.18. The fourth-order valence-corrected chi connectivity index (χ4v) is 33.1. The predicted octanol–water partition coefficient (Wildman–Crippen LogP) is 18.1. The number of para-hydroxylation sites is 2. The number of ether oxygens (including phenoxy) is 9. The van der Waals surface area contributed by atoms with Gasteiger partial charge >= 0.3 is 29.8 Å².